The molecule has 0 N–H and O–H groups in total. The van der Waals surface area contributed by atoms with Crippen molar-refractivity contribution in [1.29, 1.82) is 0 Å². The summed E-state index contributed by atoms with van der Waals surface area (Å²) in [5.41, 5.74) is 6.08. The van der Waals surface area contributed by atoms with Crippen molar-refractivity contribution >= 4 is 11.9 Å². The van der Waals surface area contributed by atoms with E-state index < -0.39 is 0 Å². The Labute approximate surface area is 169 Å². The molecule has 1 nitrogen and oxygen atoms in total. The van der Waals surface area contributed by atoms with Crippen molar-refractivity contribution in [3.8, 4) is 0 Å². The zero-order valence-corrected chi connectivity index (χ0v) is 17.7. The lowest BCUT2D eigenvalue weighted by molar-refractivity contribution is -0.128. The predicted molar refractivity (Wildman–Crippen MR) is 117 cm³/mol. The highest BCUT2D eigenvalue weighted by Crippen LogP contribution is 2.63. The Morgan fingerprint density at radius 2 is 1.64 bits per heavy atom. The molecule has 0 saturated heterocycles. The van der Waals surface area contributed by atoms with E-state index in [2.05, 4.69) is 88.4 Å². The van der Waals surface area contributed by atoms with Crippen molar-refractivity contribution in [2.75, 3.05) is 0 Å². The van der Waals surface area contributed by atoms with Gasteiger partial charge in [-0.2, -0.15) is 0 Å². The topological polar surface area (TPSA) is 17.1 Å². The fourth-order valence-corrected chi connectivity index (χ4v) is 5.57. The maximum absolute atomic E-state index is 11.6. The van der Waals surface area contributed by atoms with Gasteiger partial charge in [-0.25, -0.2) is 0 Å². The quantitative estimate of drug-likeness (QED) is 0.564. The van der Waals surface area contributed by atoms with Gasteiger partial charge >= 0.3 is 0 Å². The number of hydrogen-bond acceptors (Lipinski definition) is 1. The highest BCUT2D eigenvalue weighted by Gasteiger charge is 2.61. The van der Waals surface area contributed by atoms with Crippen molar-refractivity contribution in [3.05, 3.63) is 76.9 Å². The van der Waals surface area contributed by atoms with Crippen molar-refractivity contribution in [1.82, 2.24) is 0 Å². The van der Waals surface area contributed by atoms with Gasteiger partial charge in [-0.3, -0.25) is 4.79 Å². The minimum atomic E-state index is 0.0255. The second kappa shape index (κ2) is 7.03. The molecule has 1 heteroatoms. The lowest BCUT2D eigenvalue weighted by Crippen LogP contribution is -2.32. The molecule has 146 valence electrons. The number of hydrogen-bond donors (Lipinski definition) is 0. The van der Waals surface area contributed by atoms with Crippen LogP contribution in [0.4, 0.5) is 0 Å². The maximum Gasteiger partial charge on any atom is 0.139 e. The van der Waals surface area contributed by atoms with Crippen molar-refractivity contribution in [2.45, 2.75) is 59.3 Å². The molecular weight excluding hydrogens is 340 g/mol. The summed E-state index contributed by atoms with van der Waals surface area (Å²) in [4.78, 5) is 11.6. The largest absolute Gasteiger partial charge is 0.299 e. The maximum atomic E-state index is 11.6. The van der Waals surface area contributed by atoms with Crippen molar-refractivity contribution in [3.63, 3.8) is 0 Å². The Morgan fingerprint density at radius 3 is 2.21 bits per heavy atom. The third-order valence-corrected chi connectivity index (χ3v) is 8.07. The first-order valence-electron chi connectivity index (χ1n) is 10.7. The fraction of sp³-hybridized carbons (Fsp3) is 0.444. The molecule has 0 aliphatic heterocycles. The van der Waals surface area contributed by atoms with Crippen LogP contribution in [0.5, 0.6) is 0 Å². The minimum Gasteiger partial charge on any atom is -0.299 e. The Morgan fingerprint density at radius 1 is 0.964 bits per heavy atom. The van der Waals surface area contributed by atoms with Gasteiger partial charge in [0, 0.05) is 17.8 Å². The summed E-state index contributed by atoms with van der Waals surface area (Å²) in [6.45, 7) is 8.92. The minimum absolute atomic E-state index is 0.0255. The van der Waals surface area contributed by atoms with Crippen LogP contribution >= 0.6 is 0 Å². The van der Waals surface area contributed by atoms with Crippen LogP contribution in [0, 0.1) is 16.7 Å². The van der Waals surface area contributed by atoms with Crippen LogP contribution in [0.15, 0.2) is 60.2 Å². The first kappa shape index (κ1) is 19.2. The lowest BCUT2D eigenvalue weighted by atomic mass is 9.70. The van der Waals surface area contributed by atoms with Gasteiger partial charge in [0.2, 0.25) is 0 Å². The highest BCUT2D eigenvalue weighted by atomic mass is 16.1. The van der Waals surface area contributed by atoms with Gasteiger partial charge in [0.05, 0.1) is 0 Å². The summed E-state index contributed by atoms with van der Waals surface area (Å²) in [5, 5.41) is 0. The van der Waals surface area contributed by atoms with E-state index >= 15 is 0 Å². The van der Waals surface area contributed by atoms with Crippen LogP contribution in [-0.2, 0) is 11.2 Å². The van der Waals surface area contributed by atoms with E-state index in [4.69, 9.17) is 0 Å². The van der Waals surface area contributed by atoms with Gasteiger partial charge in [-0.15, -0.1) is 0 Å². The van der Waals surface area contributed by atoms with E-state index in [9.17, 15) is 4.79 Å². The van der Waals surface area contributed by atoms with Gasteiger partial charge in [0.15, 0.2) is 0 Å². The average Bonchev–Trinajstić information content (AvgIpc) is 3.18. The molecular formula is C27H32O. The Balaban J connectivity index is 0.000000151. The van der Waals surface area contributed by atoms with Crippen molar-refractivity contribution < 1.29 is 4.79 Å². The molecule has 2 aromatic carbocycles. The van der Waals surface area contributed by atoms with Crippen LogP contribution in [0.2, 0.25) is 0 Å². The molecule has 2 aromatic rings. The van der Waals surface area contributed by atoms with Crippen molar-refractivity contribution in [2.24, 2.45) is 16.7 Å². The summed E-state index contributed by atoms with van der Waals surface area (Å²) in [7, 11) is 0. The van der Waals surface area contributed by atoms with Crippen LogP contribution < -0.4 is 0 Å². The number of carbonyl (C=O) groups is 1. The van der Waals surface area contributed by atoms with E-state index in [1.54, 1.807) is 0 Å². The van der Waals surface area contributed by atoms with E-state index in [1.807, 2.05) is 0 Å². The second-order valence-electron chi connectivity index (χ2n) is 9.68. The number of rotatable bonds is 2. The van der Waals surface area contributed by atoms with E-state index in [-0.39, 0.29) is 10.8 Å². The summed E-state index contributed by atoms with van der Waals surface area (Å²) >= 11 is 0. The molecule has 0 radical (unpaired) electrons. The summed E-state index contributed by atoms with van der Waals surface area (Å²) < 4.78 is 0. The Bertz CT molecular complexity index is 905. The third kappa shape index (κ3) is 3.05. The van der Waals surface area contributed by atoms with Crippen LogP contribution in [0.1, 0.15) is 69.6 Å². The number of allylic oxidation sites excluding steroid dienone is 1. The molecule has 28 heavy (non-hydrogen) atoms. The summed E-state index contributed by atoms with van der Waals surface area (Å²) in [5.74, 6) is 1.76. The van der Waals surface area contributed by atoms with Crippen LogP contribution in [0.25, 0.3) is 6.08 Å². The first-order valence-corrected chi connectivity index (χ1v) is 10.7. The Kier molecular flexibility index (Phi) is 4.81. The monoisotopic (exact) mass is 372 g/mol. The standard InChI is InChI=1S/C17H16.C10H16O/c1-13-11-15-9-5-6-10-16(15)17(13)12-14-7-3-2-4-8-14;1-9(2)7-4-5-10(9,3)8(11)6-7/h2-11,17H,12H2,1H3;7H,4-6H2,1-3H3. The normalized spacial score (nSPS) is 29.1. The first-order chi connectivity index (χ1) is 13.3. The number of benzene rings is 2. The van der Waals surface area contributed by atoms with E-state index in [0.29, 0.717) is 17.6 Å². The zero-order chi connectivity index (χ0) is 19.9. The van der Waals surface area contributed by atoms with Crippen LogP contribution in [0.3, 0.4) is 0 Å². The molecule has 5 rings (SSSR count). The lowest BCUT2D eigenvalue weighted by Gasteiger charge is -2.32. The van der Waals surface area contributed by atoms with Gasteiger partial charge in [-0.1, -0.05) is 87.0 Å². The number of carbonyl (C=O) groups excluding carboxylic acids is 1. The van der Waals surface area contributed by atoms with Crippen LogP contribution in [-0.4, -0.2) is 5.78 Å². The third-order valence-electron chi connectivity index (χ3n) is 8.07. The molecule has 0 aromatic heterocycles. The summed E-state index contributed by atoms with van der Waals surface area (Å²) in [6.07, 6.45) is 6.69. The SMILES string of the molecule is CC12CCC(CC1=O)C2(C)C.CC1=Cc2ccccc2C1Cc1ccccc1. The second-order valence-corrected chi connectivity index (χ2v) is 9.68. The predicted octanol–water partition coefficient (Wildman–Crippen LogP) is 6.83. The van der Waals surface area contributed by atoms with E-state index in [0.717, 1.165) is 19.3 Å². The molecule has 2 fully saturated rings. The molecule has 3 atom stereocenters. The molecule has 0 heterocycles. The molecule has 2 saturated carbocycles. The molecule has 3 aliphatic rings. The number of ketones is 1. The van der Waals surface area contributed by atoms with E-state index in [1.165, 1.54) is 28.7 Å². The van der Waals surface area contributed by atoms with Gasteiger partial charge in [-0.05, 0) is 54.2 Å². The zero-order valence-electron chi connectivity index (χ0n) is 17.7. The molecule has 3 aliphatic carbocycles. The highest BCUT2D eigenvalue weighted by molar-refractivity contribution is 5.89. The van der Waals surface area contributed by atoms with Gasteiger partial charge < -0.3 is 0 Å². The fourth-order valence-electron chi connectivity index (χ4n) is 5.57. The number of Topliss-reactive ketones (excluding diaryl/α,β-unsaturated/α-hetero) is 1. The van der Waals surface area contributed by atoms with Gasteiger partial charge in [0.25, 0.3) is 0 Å². The molecule has 3 unspecified atom stereocenters. The summed E-state index contributed by atoms with van der Waals surface area (Å²) in [6, 6.07) is 19.5. The van der Waals surface area contributed by atoms with Gasteiger partial charge in [0.1, 0.15) is 5.78 Å². The smallest absolute Gasteiger partial charge is 0.139 e. The molecule has 2 bridgehead atoms. The molecule has 0 spiro atoms. The number of fused-ring (bicyclic) bond motifs is 3. The Hall–Kier alpha value is -2.15. The average molecular weight is 373 g/mol. The molecule has 0 amide bonds.